The molecule has 20 heavy (non-hydrogen) atoms. The van der Waals surface area contributed by atoms with Crippen molar-refractivity contribution in [3.05, 3.63) is 33.4 Å². The number of ether oxygens (including phenoxy) is 1. The Morgan fingerprint density at radius 1 is 1.35 bits per heavy atom. The number of sulfonamides is 1. The lowest BCUT2D eigenvalue weighted by Gasteiger charge is -2.12. The predicted molar refractivity (Wildman–Crippen MR) is 74.2 cm³/mol. The highest BCUT2D eigenvalue weighted by molar-refractivity contribution is 7.89. The average Bonchev–Trinajstić information content (AvgIpc) is 2.38. The third-order valence-corrected chi connectivity index (χ3v) is 4.48. The second-order valence-corrected chi connectivity index (χ2v) is 6.29. The summed E-state index contributed by atoms with van der Waals surface area (Å²) in [5.74, 6) is 0. The highest BCUT2D eigenvalue weighted by atomic mass is 32.2. The standard InChI is InChI=1S/C12H18N2O5S/c1-8-5-11(14(15)16)12(6-9(8)2)20(17,18)13-7-10(3)19-4/h5-6,10,13H,7H2,1-4H3. The van der Waals surface area contributed by atoms with Gasteiger partial charge in [0.25, 0.3) is 5.69 Å². The number of hydrogen-bond acceptors (Lipinski definition) is 5. The molecule has 0 spiro atoms. The SMILES string of the molecule is COC(C)CNS(=O)(=O)c1cc(C)c(C)cc1[N+](=O)[O-]. The van der Waals surface area contributed by atoms with Crippen molar-refractivity contribution in [2.75, 3.05) is 13.7 Å². The van der Waals surface area contributed by atoms with Crippen molar-refractivity contribution >= 4 is 15.7 Å². The van der Waals surface area contributed by atoms with Crippen molar-refractivity contribution in [2.45, 2.75) is 31.8 Å². The van der Waals surface area contributed by atoms with Gasteiger partial charge >= 0.3 is 0 Å². The second kappa shape index (κ2) is 6.29. The lowest BCUT2D eigenvalue weighted by Crippen LogP contribution is -2.32. The topological polar surface area (TPSA) is 98.5 Å². The lowest BCUT2D eigenvalue weighted by atomic mass is 10.1. The summed E-state index contributed by atoms with van der Waals surface area (Å²) in [5, 5.41) is 11.0. The second-order valence-electron chi connectivity index (χ2n) is 4.56. The minimum atomic E-state index is -3.95. The van der Waals surface area contributed by atoms with Crippen LogP contribution in [0.15, 0.2) is 17.0 Å². The summed E-state index contributed by atoms with van der Waals surface area (Å²) in [7, 11) is -2.50. The zero-order chi connectivity index (χ0) is 15.5. The molecule has 1 unspecified atom stereocenters. The number of methoxy groups -OCH3 is 1. The summed E-state index contributed by atoms with van der Waals surface area (Å²) in [6, 6.07) is 2.58. The summed E-state index contributed by atoms with van der Waals surface area (Å²) in [4.78, 5) is 10.00. The number of nitro groups is 1. The van der Waals surface area contributed by atoms with Crippen LogP contribution in [0.2, 0.25) is 0 Å². The fraction of sp³-hybridized carbons (Fsp3) is 0.500. The largest absolute Gasteiger partial charge is 0.380 e. The summed E-state index contributed by atoms with van der Waals surface area (Å²) in [6.07, 6.45) is -0.324. The van der Waals surface area contributed by atoms with Gasteiger partial charge in [0, 0.05) is 19.7 Å². The molecule has 0 fully saturated rings. The van der Waals surface area contributed by atoms with Gasteiger partial charge in [-0.1, -0.05) is 0 Å². The van der Waals surface area contributed by atoms with Crippen LogP contribution >= 0.6 is 0 Å². The molecular formula is C12H18N2O5S. The van der Waals surface area contributed by atoms with Crippen molar-refractivity contribution < 1.29 is 18.1 Å². The fourth-order valence-corrected chi connectivity index (χ4v) is 2.87. The van der Waals surface area contributed by atoms with Crippen molar-refractivity contribution in [1.29, 1.82) is 0 Å². The molecular weight excluding hydrogens is 284 g/mol. The molecule has 112 valence electrons. The molecule has 1 aromatic rings. The van der Waals surface area contributed by atoms with E-state index < -0.39 is 20.6 Å². The Bertz CT molecular complexity index is 613. The molecule has 1 atom stereocenters. The van der Waals surface area contributed by atoms with Gasteiger partial charge in [-0.2, -0.15) is 0 Å². The highest BCUT2D eigenvalue weighted by Crippen LogP contribution is 2.27. The molecule has 8 heteroatoms. The first-order valence-electron chi connectivity index (χ1n) is 5.97. The third-order valence-electron chi connectivity index (χ3n) is 3.02. The Kier molecular flexibility index (Phi) is 5.21. The van der Waals surface area contributed by atoms with Gasteiger partial charge in [0.05, 0.1) is 11.0 Å². The summed E-state index contributed by atoms with van der Waals surface area (Å²) in [6.45, 7) is 5.13. The van der Waals surface area contributed by atoms with Crippen LogP contribution in [0.25, 0.3) is 0 Å². The van der Waals surface area contributed by atoms with E-state index in [1.807, 2.05) is 0 Å². The van der Waals surface area contributed by atoms with Gasteiger partial charge in [0.15, 0.2) is 4.90 Å². The molecule has 0 aliphatic rings. The van der Waals surface area contributed by atoms with E-state index >= 15 is 0 Å². The minimum Gasteiger partial charge on any atom is -0.380 e. The first-order valence-corrected chi connectivity index (χ1v) is 7.45. The van der Waals surface area contributed by atoms with E-state index in [9.17, 15) is 18.5 Å². The Morgan fingerprint density at radius 3 is 2.40 bits per heavy atom. The maximum atomic E-state index is 12.2. The van der Waals surface area contributed by atoms with Crippen LogP contribution in [0, 0.1) is 24.0 Å². The molecule has 1 N–H and O–H groups in total. The van der Waals surface area contributed by atoms with Crippen molar-refractivity contribution in [2.24, 2.45) is 0 Å². The highest BCUT2D eigenvalue weighted by Gasteiger charge is 2.26. The zero-order valence-electron chi connectivity index (χ0n) is 11.8. The molecule has 0 aliphatic carbocycles. The van der Waals surface area contributed by atoms with E-state index in [1.165, 1.54) is 19.2 Å². The van der Waals surface area contributed by atoms with Crippen molar-refractivity contribution in [3.63, 3.8) is 0 Å². The smallest absolute Gasteiger partial charge is 0.289 e. The molecule has 0 saturated heterocycles. The van der Waals surface area contributed by atoms with Crippen LogP contribution in [0.4, 0.5) is 5.69 Å². The van der Waals surface area contributed by atoms with Crippen LogP contribution in [0.5, 0.6) is 0 Å². The molecule has 0 amide bonds. The van der Waals surface area contributed by atoms with Crippen molar-refractivity contribution in [3.8, 4) is 0 Å². The van der Waals surface area contributed by atoms with E-state index in [2.05, 4.69) is 4.72 Å². The van der Waals surface area contributed by atoms with Crippen molar-refractivity contribution in [1.82, 2.24) is 4.72 Å². The molecule has 0 aromatic heterocycles. The van der Waals surface area contributed by atoms with Gasteiger partial charge < -0.3 is 4.74 Å². The third kappa shape index (κ3) is 3.75. The summed E-state index contributed by atoms with van der Waals surface area (Å²) >= 11 is 0. The van der Waals surface area contributed by atoms with Gasteiger partial charge in [-0.05, 0) is 38.0 Å². The maximum Gasteiger partial charge on any atom is 0.289 e. The van der Waals surface area contributed by atoms with E-state index in [4.69, 9.17) is 4.74 Å². The maximum absolute atomic E-state index is 12.2. The van der Waals surface area contributed by atoms with E-state index in [-0.39, 0.29) is 17.5 Å². The molecule has 0 bridgehead atoms. The Hall–Kier alpha value is -1.51. The van der Waals surface area contributed by atoms with Crippen LogP contribution < -0.4 is 4.72 Å². The van der Waals surface area contributed by atoms with E-state index in [0.29, 0.717) is 11.1 Å². The normalized spacial score (nSPS) is 13.2. The fourth-order valence-electron chi connectivity index (χ4n) is 1.52. The van der Waals surface area contributed by atoms with E-state index in [0.717, 1.165) is 0 Å². The first kappa shape index (κ1) is 16.5. The number of rotatable bonds is 6. The minimum absolute atomic E-state index is 0.0446. The number of hydrogen-bond donors (Lipinski definition) is 1. The van der Waals surface area contributed by atoms with Gasteiger partial charge in [-0.25, -0.2) is 13.1 Å². The Morgan fingerprint density at radius 2 is 1.90 bits per heavy atom. The molecule has 0 aliphatic heterocycles. The molecule has 1 aromatic carbocycles. The number of benzene rings is 1. The van der Waals surface area contributed by atoms with Gasteiger partial charge in [0.1, 0.15) is 0 Å². The molecule has 1 rings (SSSR count). The Labute approximate surface area is 118 Å². The molecule has 0 radical (unpaired) electrons. The van der Waals surface area contributed by atoms with E-state index in [1.54, 1.807) is 20.8 Å². The zero-order valence-corrected chi connectivity index (χ0v) is 12.7. The van der Waals surface area contributed by atoms with Crippen LogP contribution in [0.3, 0.4) is 0 Å². The number of nitro benzene ring substituents is 1. The molecule has 7 nitrogen and oxygen atoms in total. The van der Waals surface area contributed by atoms with Gasteiger partial charge in [-0.15, -0.1) is 0 Å². The Balaban J connectivity index is 3.23. The number of aryl methyl sites for hydroxylation is 2. The average molecular weight is 302 g/mol. The van der Waals surface area contributed by atoms with Crippen LogP contribution in [-0.4, -0.2) is 33.1 Å². The molecule has 0 saturated carbocycles. The predicted octanol–water partition coefficient (Wildman–Crippen LogP) is 1.52. The summed E-state index contributed by atoms with van der Waals surface area (Å²) in [5.41, 5.74) is 0.919. The van der Waals surface area contributed by atoms with Gasteiger partial charge in [0.2, 0.25) is 10.0 Å². The number of nitrogens with zero attached hydrogens (tertiary/aromatic N) is 1. The quantitative estimate of drug-likeness (QED) is 0.634. The van der Waals surface area contributed by atoms with Crippen LogP contribution in [0.1, 0.15) is 18.1 Å². The number of nitrogens with one attached hydrogen (secondary N) is 1. The molecule has 0 heterocycles. The first-order chi connectivity index (χ1) is 9.19. The van der Waals surface area contributed by atoms with Gasteiger partial charge in [-0.3, -0.25) is 10.1 Å². The van der Waals surface area contributed by atoms with Crippen LogP contribution in [-0.2, 0) is 14.8 Å². The lowest BCUT2D eigenvalue weighted by molar-refractivity contribution is -0.387. The summed E-state index contributed by atoms with van der Waals surface area (Å²) < 4.78 is 31.6. The monoisotopic (exact) mass is 302 g/mol.